The van der Waals surface area contributed by atoms with E-state index in [0.717, 1.165) is 6.07 Å². The predicted molar refractivity (Wildman–Crippen MR) is 52.8 cm³/mol. The van der Waals surface area contributed by atoms with Gasteiger partial charge in [-0.25, -0.2) is 8.78 Å². The first-order valence-corrected chi connectivity index (χ1v) is 5.15. The molecule has 1 rings (SSSR count). The number of hydrogen-bond donors (Lipinski definition) is 1. The lowest BCUT2D eigenvalue weighted by Crippen LogP contribution is -1.98. The Bertz CT molecular complexity index is 404. The highest BCUT2D eigenvalue weighted by Gasteiger charge is 2.18. The number of alkyl halides is 3. The van der Waals surface area contributed by atoms with Gasteiger partial charge in [0.15, 0.2) is 0 Å². The second-order valence-electron chi connectivity index (χ2n) is 2.77. The van der Waals surface area contributed by atoms with Gasteiger partial charge in [-0.15, -0.1) is 0 Å². The molecule has 1 aromatic heterocycles. The van der Waals surface area contributed by atoms with Crippen molar-refractivity contribution in [3.05, 3.63) is 23.0 Å². The van der Waals surface area contributed by atoms with Crippen molar-refractivity contribution in [2.75, 3.05) is 0 Å². The molecule has 0 unspecified atom stereocenters. The lowest BCUT2D eigenvalue weighted by atomic mass is 10.1. The molecular formula is C9H7BrF2N2O. The van der Waals surface area contributed by atoms with Crippen molar-refractivity contribution in [3.63, 3.8) is 0 Å². The fourth-order valence-electron chi connectivity index (χ4n) is 1.10. The van der Waals surface area contributed by atoms with Gasteiger partial charge in [0.2, 0.25) is 0 Å². The summed E-state index contributed by atoms with van der Waals surface area (Å²) in [5.41, 5.74) is -0.122. The number of pyridine rings is 1. The van der Waals surface area contributed by atoms with Crippen LogP contribution < -0.4 is 0 Å². The Kier molecular flexibility index (Phi) is 3.97. The second kappa shape index (κ2) is 5.03. The van der Waals surface area contributed by atoms with E-state index in [1.165, 1.54) is 0 Å². The molecule has 6 heteroatoms. The molecule has 80 valence electrons. The maximum atomic E-state index is 12.5. The summed E-state index contributed by atoms with van der Waals surface area (Å²) >= 11 is 3.03. The first kappa shape index (κ1) is 11.9. The van der Waals surface area contributed by atoms with Crippen LogP contribution in [-0.4, -0.2) is 10.1 Å². The summed E-state index contributed by atoms with van der Waals surface area (Å²) in [5.74, 6) is -0.511. The van der Waals surface area contributed by atoms with Crippen LogP contribution in [0.5, 0.6) is 5.75 Å². The SMILES string of the molecule is N#CCc1cc(C(F)F)c(O)c(CBr)n1. The Morgan fingerprint density at radius 2 is 2.27 bits per heavy atom. The number of nitrogens with zero attached hydrogens (tertiary/aromatic N) is 2. The highest BCUT2D eigenvalue weighted by atomic mass is 79.9. The second-order valence-corrected chi connectivity index (χ2v) is 3.33. The molecule has 0 aliphatic heterocycles. The molecule has 0 aromatic carbocycles. The molecule has 0 bridgehead atoms. The lowest BCUT2D eigenvalue weighted by Gasteiger charge is -2.08. The van der Waals surface area contributed by atoms with Gasteiger partial charge in [0.25, 0.3) is 6.43 Å². The Morgan fingerprint density at radius 3 is 2.73 bits per heavy atom. The molecule has 0 aliphatic carbocycles. The van der Waals surface area contributed by atoms with Crippen LogP contribution in [-0.2, 0) is 11.8 Å². The van der Waals surface area contributed by atoms with Crippen LogP contribution in [0.1, 0.15) is 23.4 Å². The number of aromatic hydroxyl groups is 1. The Labute approximate surface area is 93.5 Å². The van der Waals surface area contributed by atoms with E-state index in [1.54, 1.807) is 0 Å². The number of rotatable bonds is 3. The molecule has 0 fully saturated rings. The minimum absolute atomic E-state index is 0.0556. The highest BCUT2D eigenvalue weighted by molar-refractivity contribution is 9.08. The smallest absolute Gasteiger partial charge is 0.267 e. The normalized spacial score (nSPS) is 10.3. The highest BCUT2D eigenvalue weighted by Crippen LogP contribution is 2.31. The summed E-state index contributed by atoms with van der Waals surface area (Å²) in [7, 11) is 0. The van der Waals surface area contributed by atoms with E-state index in [-0.39, 0.29) is 23.1 Å². The van der Waals surface area contributed by atoms with Crippen molar-refractivity contribution in [2.24, 2.45) is 0 Å². The quantitative estimate of drug-likeness (QED) is 0.864. The monoisotopic (exact) mass is 276 g/mol. The van der Waals surface area contributed by atoms with E-state index in [0.29, 0.717) is 0 Å². The standard InChI is InChI=1S/C9H7BrF2N2O/c10-4-7-8(15)6(9(11)12)3-5(14-7)1-2-13/h3,9,15H,1,4H2. The van der Waals surface area contributed by atoms with Crippen LogP contribution in [0.2, 0.25) is 0 Å². The van der Waals surface area contributed by atoms with Gasteiger partial charge >= 0.3 is 0 Å². The first-order chi connectivity index (χ1) is 7.10. The van der Waals surface area contributed by atoms with Gasteiger partial charge in [-0.1, -0.05) is 15.9 Å². The van der Waals surface area contributed by atoms with E-state index in [1.807, 2.05) is 6.07 Å². The summed E-state index contributed by atoms with van der Waals surface area (Å²) in [4.78, 5) is 3.87. The van der Waals surface area contributed by atoms with Gasteiger partial charge in [0.05, 0.1) is 29.4 Å². The summed E-state index contributed by atoms with van der Waals surface area (Å²) in [5, 5.41) is 18.0. The van der Waals surface area contributed by atoms with E-state index >= 15 is 0 Å². The molecule has 3 nitrogen and oxygen atoms in total. The number of halogens is 3. The largest absolute Gasteiger partial charge is 0.505 e. The fraction of sp³-hybridized carbons (Fsp3) is 0.333. The van der Waals surface area contributed by atoms with Gasteiger partial charge in [0, 0.05) is 5.33 Å². The zero-order valence-electron chi connectivity index (χ0n) is 7.54. The third-order valence-corrected chi connectivity index (χ3v) is 2.30. The first-order valence-electron chi connectivity index (χ1n) is 4.02. The maximum Gasteiger partial charge on any atom is 0.267 e. The van der Waals surface area contributed by atoms with Crippen LogP contribution in [0.25, 0.3) is 0 Å². The van der Waals surface area contributed by atoms with Gasteiger partial charge in [0.1, 0.15) is 5.75 Å². The molecule has 1 aromatic rings. The Balaban J connectivity index is 3.26. The molecule has 0 amide bonds. The van der Waals surface area contributed by atoms with Crippen molar-refractivity contribution in [3.8, 4) is 11.8 Å². The molecule has 1 N–H and O–H groups in total. The molecule has 0 atom stereocenters. The lowest BCUT2D eigenvalue weighted by molar-refractivity contribution is 0.147. The van der Waals surface area contributed by atoms with Crippen molar-refractivity contribution in [2.45, 2.75) is 18.2 Å². The van der Waals surface area contributed by atoms with Crippen molar-refractivity contribution in [1.29, 1.82) is 5.26 Å². The predicted octanol–water partition coefficient (Wildman–Crippen LogP) is 2.69. The van der Waals surface area contributed by atoms with Gasteiger partial charge in [-0.3, -0.25) is 4.98 Å². The van der Waals surface area contributed by atoms with Crippen LogP contribution in [0.4, 0.5) is 8.78 Å². The average molecular weight is 277 g/mol. The van der Waals surface area contributed by atoms with E-state index in [9.17, 15) is 13.9 Å². The number of aromatic nitrogens is 1. The van der Waals surface area contributed by atoms with E-state index < -0.39 is 17.7 Å². The molecule has 1 heterocycles. The van der Waals surface area contributed by atoms with E-state index in [2.05, 4.69) is 20.9 Å². The van der Waals surface area contributed by atoms with Gasteiger partial charge in [-0.05, 0) is 6.07 Å². The molecule has 0 aliphatic rings. The van der Waals surface area contributed by atoms with Gasteiger partial charge in [-0.2, -0.15) is 5.26 Å². The molecular weight excluding hydrogens is 270 g/mol. The van der Waals surface area contributed by atoms with Crippen LogP contribution >= 0.6 is 15.9 Å². The molecule has 0 saturated carbocycles. The van der Waals surface area contributed by atoms with Crippen molar-refractivity contribution >= 4 is 15.9 Å². The minimum atomic E-state index is -2.77. The molecule has 0 saturated heterocycles. The summed E-state index contributed by atoms with van der Waals surface area (Å²) in [6.07, 6.45) is -2.83. The maximum absolute atomic E-state index is 12.5. The van der Waals surface area contributed by atoms with Crippen LogP contribution in [0.15, 0.2) is 6.07 Å². The minimum Gasteiger partial charge on any atom is -0.505 e. The number of nitriles is 1. The topological polar surface area (TPSA) is 56.9 Å². The zero-order valence-corrected chi connectivity index (χ0v) is 9.13. The Hall–Kier alpha value is -1.22. The zero-order chi connectivity index (χ0) is 11.4. The molecule has 0 radical (unpaired) electrons. The van der Waals surface area contributed by atoms with Gasteiger partial charge < -0.3 is 5.11 Å². The van der Waals surface area contributed by atoms with Crippen LogP contribution in [0.3, 0.4) is 0 Å². The molecule has 0 spiro atoms. The molecule has 15 heavy (non-hydrogen) atoms. The summed E-state index contributed by atoms with van der Waals surface area (Å²) in [6.45, 7) is 0. The number of hydrogen-bond acceptors (Lipinski definition) is 3. The average Bonchev–Trinajstić information content (AvgIpc) is 2.20. The van der Waals surface area contributed by atoms with E-state index in [4.69, 9.17) is 5.26 Å². The van der Waals surface area contributed by atoms with Crippen molar-refractivity contribution < 1.29 is 13.9 Å². The van der Waals surface area contributed by atoms with Crippen molar-refractivity contribution in [1.82, 2.24) is 4.98 Å². The third-order valence-electron chi connectivity index (χ3n) is 1.77. The summed E-state index contributed by atoms with van der Waals surface area (Å²) < 4.78 is 25.0. The van der Waals surface area contributed by atoms with Crippen LogP contribution in [0, 0.1) is 11.3 Å². The third kappa shape index (κ3) is 2.63. The Morgan fingerprint density at radius 1 is 1.60 bits per heavy atom. The summed E-state index contributed by atoms with van der Waals surface area (Å²) in [6, 6.07) is 2.87. The fourth-order valence-corrected chi connectivity index (χ4v) is 1.50.